The molecule has 0 saturated carbocycles. The minimum atomic E-state index is -1.46. The SMILES string of the molecule is CC(=O)OC[C@H]1O[C@H](SS[C@H]2O[C@H](COC(C)=O)[C@@H](OC(C)=O)[C@H](OC(C)=O)[C@H]2OC(C)=O)[C@H](OC(C)=O)[C@@H](OC(C)=O)[C@@H]1OC(C)=O. The van der Waals surface area contributed by atoms with Crippen molar-refractivity contribution >= 4 is 69.3 Å². The first-order chi connectivity index (χ1) is 22.4. The van der Waals surface area contributed by atoms with Crippen LogP contribution in [0.2, 0.25) is 0 Å². The van der Waals surface area contributed by atoms with Gasteiger partial charge in [0.15, 0.2) is 47.5 Å². The number of carbonyl (C=O) groups is 8. The van der Waals surface area contributed by atoms with Crippen molar-refractivity contribution in [3.63, 3.8) is 0 Å². The van der Waals surface area contributed by atoms with Crippen LogP contribution in [0.5, 0.6) is 0 Å². The third kappa shape index (κ3) is 12.8. The number of ether oxygens (including phenoxy) is 10. The van der Waals surface area contributed by atoms with E-state index < -0.39 is 121 Å². The maximum Gasteiger partial charge on any atom is 0.303 e. The lowest BCUT2D eigenvalue weighted by atomic mass is 9.99. The van der Waals surface area contributed by atoms with Gasteiger partial charge < -0.3 is 47.4 Å². The second-order valence-corrected chi connectivity index (χ2v) is 12.8. The Hall–Kier alpha value is -3.62. The van der Waals surface area contributed by atoms with E-state index in [1.807, 2.05) is 0 Å². The van der Waals surface area contributed by atoms with Crippen molar-refractivity contribution in [2.24, 2.45) is 0 Å². The van der Waals surface area contributed by atoms with E-state index in [4.69, 9.17) is 47.4 Å². The molecule has 0 bridgehead atoms. The standard InChI is InChI=1S/C28H38O18S2/c1-11(29)37-9-19-21(39-13(3)31)23(41-15(5)33)25(43-17(7)35)27(45-19)47-48-28-26(44-18(8)36)24(42-16(6)34)22(40-14(4)32)20(46-28)10-38-12(2)30/h19-28H,9-10H2,1-8H3/t19-,20-,21-,22-,23+,24+,25-,26-,27-,28-/m1/s1. The molecular weight excluding hydrogens is 688 g/mol. The van der Waals surface area contributed by atoms with Crippen LogP contribution < -0.4 is 0 Å². The molecule has 0 radical (unpaired) electrons. The van der Waals surface area contributed by atoms with E-state index in [9.17, 15) is 38.4 Å². The molecule has 0 amide bonds. The average molecular weight is 727 g/mol. The first-order valence-electron chi connectivity index (χ1n) is 14.3. The van der Waals surface area contributed by atoms with E-state index in [-0.39, 0.29) is 0 Å². The Morgan fingerprint density at radius 2 is 0.646 bits per heavy atom. The Labute approximate surface area is 283 Å². The molecule has 0 aliphatic carbocycles. The number of rotatable bonds is 13. The first-order valence-corrected chi connectivity index (χ1v) is 16.6. The number of carbonyl (C=O) groups excluding carboxylic acids is 8. The van der Waals surface area contributed by atoms with Crippen molar-refractivity contribution in [1.29, 1.82) is 0 Å². The van der Waals surface area contributed by atoms with Crippen molar-refractivity contribution in [2.75, 3.05) is 13.2 Å². The van der Waals surface area contributed by atoms with Gasteiger partial charge in [-0.3, -0.25) is 38.4 Å². The molecule has 0 unspecified atom stereocenters. The van der Waals surface area contributed by atoms with Gasteiger partial charge in [0, 0.05) is 55.4 Å². The third-order valence-electron chi connectivity index (χ3n) is 6.14. The monoisotopic (exact) mass is 726 g/mol. The minimum Gasteiger partial charge on any atom is -0.463 e. The lowest BCUT2D eigenvalue weighted by Crippen LogP contribution is -2.62. The van der Waals surface area contributed by atoms with Gasteiger partial charge in [-0.05, 0) is 0 Å². The molecule has 0 aromatic rings. The summed E-state index contributed by atoms with van der Waals surface area (Å²) in [6.45, 7) is 7.75. The smallest absolute Gasteiger partial charge is 0.303 e. The maximum absolute atomic E-state index is 12.2. The molecule has 0 aromatic heterocycles. The van der Waals surface area contributed by atoms with Gasteiger partial charge in [0.25, 0.3) is 0 Å². The van der Waals surface area contributed by atoms with E-state index in [1.165, 1.54) is 0 Å². The lowest BCUT2D eigenvalue weighted by Gasteiger charge is -2.46. The van der Waals surface area contributed by atoms with Crippen LogP contribution in [0.1, 0.15) is 55.4 Å². The highest BCUT2D eigenvalue weighted by atomic mass is 33.1. The van der Waals surface area contributed by atoms with E-state index in [1.54, 1.807) is 0 Å². The molecule has 2 aliphatic heterocycles. The van der Waals surface area contributed by atoms with Crippen LogP contribution in [0.4, 0.5) is 0 Å². The van der Waals surface area contributed by atoms with Crippen LogP contribution in [-0.2, 0) is 85.7 Å². The number of hydrogen-bond donors (Lipinski definition) is 0. The molecule has 10 atom stereocenters. The zero-order valence-electron chi connectivity index (χ0n) is 27.4. The Morgan fingerprint density at radius 1 is 0.396 bits per heavy atom. The van der Waals surface area contributed by atoms with Crippen LogP contribution in [0.3, 0.4) is 0 Å². The summed E-state index contributed by atoms with van der Waals surface area (Å²) in [4.78, 5) is 96.1. The normalized spacial score (nSPS) is 29.7. The fourth-order valence-electron chi connectivity index (χ4n) is 4.64. The molecule has 2 aliphatic rings. The lowest BCUT2D eigenvalue weighted by molar-refractivity contribution is -0.238. The molecule has 2 fully saturated rings. The molecule has 0 N–H and O–H groups in total. The fourth-order valence-corrected chi connectivity index (χ4v) is 7.46. The molecule has 18 nitrogen and oxygen atoms in total. The van der Waals surface area contributed by atoms with Gasteiger partial charge in [-0.15, -0.1) is 0 Å². The molecule has 270 valence electrons. The summed E-state index contributed by atoms with van der Waals surface area (Å²) in [6, 6.07) is 0. The molecule has 0 spiro atoms. The van der Waals surface area contributed by atoms with Crippen LogP contribution >= 0.6 is 21.6 Å². The van der Waals surface area contributed by atoms with Gasteiger partial charge in [-0.1, -0.05) is 21.6 Å². The first kappa shape index (κ1) is 40.6. The number of hydrogen-bond acceptors (Lipinski definition) is 20. The van der Waals surface area contributed by atoms with Gasteiger partial charge >= 0.3 is 47.8 Å². The Morgan fingerprint density at radius 3 is 0.896 bits per heavy atom. The van der Waals surface area contributed by atoms with Crippen LogP contribution in [0, 0.1) is 0 Å². The van der Waals surface area contributed by atoms with Crippen LogP contribution in [0.15, 0.2) is 0 Å². The van der Waals surface area contributed by atoms with Crippen molar-refractivity contribution < 1.29 is 85.7 Å². The van der Waals surface area contributed by atoms with Gasteiger partial charge in [-0.2, -0.15) is 0 Å². The molecular formula is C28H38O18S2. The Kier molecular flexibility index (Phi) is 15.9. The van der Waals surface area contributed by atoms with Gasteiger partial charge in [-0.25, -0.2) is 0 Å². The highest BCUT2D eigenvalue weighted by Crippen LogP contribution is 2.45. The molecule has 2 heterocycles. The molecule has 2 rings (SSSR count). The largest absolute Gasteiger partial charge is 0.463 e. The third-order valence-corrected chi connectivity index (χ3v) is 8.86. The van der Waals surface area contributed by atoms with E-state index >= 15 is 0 Å². The Bertz CT molecular complexity index is 1130. The summed E-state index contributed by atoms with van der Waals surface area (Å²) in [7, 11) is 1.62. The molecule has 2 saturated heterocycles. The fraction of sp³-hybridized carbons (Fsp3) is 0.714. The van der Waals surface area contributed by atoms with E-state index in [2.05, 4.69) is 0 Å². The average Bonchev–Trinajstić information content (AvgIpc) is 2.93. The van der Waals surface area contributed by atoms with Crippen LogP contribution in [0.25, 0.3) is 0 Å². The summed E-state index contributed by atoms with van der Waals surface area (Å²) < 4.78 is 54.9. The second-order valence-electron chi connectivity index (χ2n) is 10.3. The summed E-state index contributed by atoms with van der Waals surface area (Å²) in [6.07, 6.45) is -11.1. The summed E-state index contributed by atoms with van der Waals surface area (Å²) in [5.74, 6) is -6.37. The maximum atomic E-state index is 12.2. The van der Waals surface area contributed by atoms with Crippen molar-refractivity contribution in [3.8, 4) is 0 Å². The molecule has 0 aromatic carbocycles. The Balaban J connectivity index is 2.57. The minimum absolute atomic E-state index is 0.474. The van der Waals surface area contributed by atoms with Crippen molar-refractivity contribution in [2.45, 2.75) is 115 Å². The van der Waals surface area contributed by atoms with Crippen LogP contribution in [-0.4, -0.2) is 121 Å². The summed E-state index contributed by atoms with van der Waals surface area (Å²) in [5.41, 5.74) is -2.55. The summed E-state index contributed by atoms with van der Waals surface area (Å²) >= 11 is 0. The highest BCUT2D eigenvalue weighted by molar-refractivity contribution is 8.77. The topological polar surface area (TPSA) is 229 Å². The van der Waals surface area contributed by atoms with Gasteiger partial charge in [0.05, 0.1) is 0 Å². The van der Waals surface area contributed by atoms with Gasteiger partial charge in [0.1, 0.15) is 25.4 Å². The predicted molar refractivity (Wildman–Crippen MR) is 159 cm³/mol. The summed E-state index contributed by atoms with van der Waals surface area (Å²) in [5, 5.41) is 0. The van der Waals surface area contributed by atoms with E-state index in [0.29, 0.717) is 0 Å². The second kappa shape index (κ2) is 18.8. The van der Waals surface area contributed by atoms with Gasteiger partial charge in [0.2, 0.25) is 0 Å². The predicted octanol–water partition coefficient (Wildman–Crippen LogP) is 0.534. The van der Waals surface area contributed by atoms with Crippen molar-refractivity contribution in [1.82, 2.24) is 0 Å². The van der Waals surface area contributed by atoms with Crippen molar-refractivity contribution in [3.05, 3.63) is 0 Å². The molecule has 20 heteroatoms. The quantitative estimate of drug-likeness (QED) is 0.143. The number of esters is 8. The zero-order valence-corrected chi connectivity index (χ0v) is 29.0. The van der Waals surface area contributed by atoms with E-state index in [0.717, 1.165) is 77.0 Å². The highest BCUT2D eigenvalue weighted by Gasteiger charge is 2.55. The zero-order chi connectivity index (χ0) is 36.3. The molecule has 48 heavy (non-hydrogen) atoms.